The minimum Gasteiger partial charge on any atom is -0.456 e. The lowest BCUT2D eigenvalue weighted by molar-refractivity contribution is -0.159. The van der Waals surface area contributed by atoms with Crippen LogP contribution in [0.15, 0.2) is 30.5 Å². The highest BCUT2D eigenvalue weighted by atomic mass is 19.1. The lowest BCUT2D eigenvalue weighted by Crippen LogP contribution is -2.31. The molecule has 1 fully saturated rings. The number of allylic oxidation sites excluding steroid dienone is 1. The summed E-state index contributed by atoms with van der Waals surface area (Å²) in [5, 5.41) is 0. The lowest BCUT2D eigenvalue weighted by Gasteiger charge is -2.30. The molecule has 7 nitrogen and oxygen atoms in total. The topological polar surface area (TPSA) is 96.6 Å². The van der Waals surface area contributed by atoms with E-state index in [4.69, 9.17) is 19.9 Å². The largest absolute Gasteiger partial charge is 0.456 e. The number of carbonyl (C=O) groups is 1. The van der Waals surface area contributed by atoms with E-state index in [1.54, 1.807) is 33.0 Å². The summed E-state index contributed by atoms with van der Waals surface area (Å²) in [6.07, 6.45) is 5.77. The second-order valence-corrected chi connectivity index (χ2v) is 8.73. The molecule has 0 unspecified atom stereocenters. The molecule has 1 aromatic heterocycles. The summed E-state index contributed by atoms with van der Waals surface area (Å²) in [4.78, 5) is 21.1. The Morgan fingerprint density at radius 3 is 2.61 bits per heavy atom. The van der Waals surface area contributed by atoms with Gasteiger partial charge in [-0.15, -0.1) is 0 Å². The molecule has 0 radical (unpaired) electrons. The summed E-state index contributed by atoms with van der Waals surface area (Å²) >= 11 is 0. The van der Waals surface area contributed by atoms with Crippen LogP contribution in [0, 0.1) is 5.82 Å². The van der Waals surface area contributed by atoms with Gasteiger partial charge in [-0.25, -0.2) is 19.2 Å². The number of carbonyl (C=O) groups excluding carboxylic acids is 1. The van der Waals surface area contributed by atoms with Crippen molar-refractivity contribution in [3.8, 4) is 11.3 Å². The molecular weight excluding hydrogens is 401 g/mol. The predicted octanol–water partition coefficient (Wildman–Crippen LogP) is 4.13. The molecule has 4 rings (SSSR count). The van der Waals surface area contributed by atoms with E-state index in [0.29, 0.717) is 36.6 Å². The van der Waals surface area contributed by atoms with Gasteiger partial charge in [0.1, 0.15) is 22.9 Å². The zero-order valence-electron chi connectivity index (χ0n) is 17.9. The van der Waals surface area contributed by atoms with Gasteiger partial charge >= 0.3 is 5.97 Å². The summed E-state index contributed by atoms with van der Waals surface area (Å²) < 4.78 is 31.4. The summed E-state index contributed by atoms with van der Waals surface area (Å²) in [6.45, 7) is 6.41. The normalized spacial score (nSPS) is 18.1. The highest BCUT2D eigenvalue weighted by molar-refractivity contribution is 5.91. The van der Waals surface area contributed by atoms with Crippen molar-refractivity contribution in [2.75, 3.05) is 18.9 Å². The number of esters is 1. The van der Waals surface area contributed by atoms with Gasteiger partial charge in [-0.3, -0.25) is 0 Å². The van der Waals surface area contributed by atoms with Gasteiger partial charge in [0.05, 0.1) is 30.7 Å². The molecule has 1 saturated heterocycles. The Balaban J connectivity index is 1.60. The standard InChI is InChI=1S/C23H26FN3O4/c1-22(2,3)31-21(28)16-5-4-15(12-17(16)24)19-20(25)26-13-18(27-19)14-6-8-23(9-7-14)29-10-11-30-23/h4-6,12-13H,7-11H2,1-3H3,(H2,25,26). The second-order valence-electron chi connectivity index (χ2n) is 8.73. The van der Waals surface area contributed by atoms with E-state index >= 15 is 0 Å². The Morgan fingerprint density at radius 1 is 1.26 bits per heavy atom. The number of benzene rings is 1. The molecule has 2 N–H and O–H groups in total. The van der Waals surface area contributed by atoms with Crippen molar-refractivity contribution in [2.24, 2.45) is 0 Å². The average Bonchev–Trinajstić information content (AvgIpc) is 3.15. The number of ether oxygens (including phenoxy) is 3. The first kappa shape index (κ1) is 21.4. The van der Waals surface area contributed by atoms with E-state index in [2.05, 4.69) is 9.97 Å². The number of hydrogen-bond donors (Lipinski definition) is 1. The molecule has 8 heteroatoms. The molecule has 2 aliphatic rings. The fraction of sp³-hybridized carbons (Fsp3) is 0.435. The third-order valence-corrected chi connectivity index (χ3v) is 5.24. The Morgan fingerprint density at radius 2 is 2.00 bits per heavy atom. The third kappa shape index (κ3) is 4.60. The van der Waals surface area contributed by atoms with Gasteiger partial charge in [0.15, 0.2) is 5.79 Å². The van der Waals surface area contributed by atoms with Crippen molar-refractivity contribution in [1.82, 2.24) is 9.97 Å². The minimum absolute atomic E-state index is 0.141. The molecule has 1 aliphatic heterocycles. The van der Waals surface area contributed by atoms with Gasteiger partial charge in [-0.1, -0.05) is 12.1 Å². The van der Waals surface area contributed by atoms with Crippen LogP contribution in [0.3, 0.4) is 0 Å². The molecule has 0 bridgehead atoms. The number of nitrogens with zero attached hydrogens (tertiary/aromatic N) is 2. The highest BCUT2D eigenvalue weighted by Gasteiger charge is 2.38. The summed E-state index contributed by atoms with van der Waals surface area (Å²) in [5.41, 5.74) is 7.67. The molecular formula is C23H26FN3O4. The van der Waals surface area contributed by atoms with Crippen LogP contribution in [0.25, 0.3) is 16.8 Å². The Labute approximate surface area is 180 Å². The SMILES string of the molecule is CC(C)(C)OC(=O)c1ccc(-c2nc(C3=CCC4(CC3)OCCO4)cnc2N)cc1F. The van der Waals surface area contributed by atoms with Crippen LogP contribution >= 0.6 is 0 Å². The van der Waals surface area contributed by atoms with Gasteiger partial charge in [0.2, 0.25) is 0 Å². The smallest absolute Gasteiger partial charge is 0.341 e. The van der Waals surface area contributed by atoms with Crippen LogP contribution in [-0.4, -0.2) is 40.5 Å². The fourth-order valence-corrected chi connectivity index (χ4v) is 3.73. The molecule has 164 valence electrons. The number of nitrogen functional groups attached to an aromatic ring is 1. The van der Waals surface area contributed by atoms with Gasteiger partial charge in [0.25, 0.3) is 0 Å². The number of nitrogens with two attached hydrogens (primary N) is 1. The number of aromatic nitrogens is 2. The van der Waals surface area contributed by atoms with Crippen molar-refractivity contribution in [3.05, 3.63) is 47.5 Å². The van der Waals surface area contributed by atoms with Gasteiger partial charge in [0, 0.05) is 18.4 Å². The Bertz CT molecular complexity index is 1040. The van der Waals surface area contributed by atoms with Gasteiger partial charge in [-0.05, 0) is 44.9 Å². The molecule has 1 aliphatic carbocycles. The van der Waals surface area contributed by atoms with Crippen LogP contribution in [0.5, 0.6) is 0 Å². The molecule has 1 spiro atoms. The summed E-state index contributed by atoms with van der Waals surface area (Å²) in [6, 6.07) is 4.20. The molecule has 2 aromatic rings. The average molecular weight is 427 g/mol. The predicted molar refractivity (Wildman–Crippen MR) is 113 cm³/mol. The van der Waals surface area contributed by atoms with E-state index in [-0.39, 0.29) is 11.4 Å². The van der Waals surface area contributed by atoms with E-state index < -0.39 is 23.2 Å². The first-order valence-electron chi connectivity index (χ1n) is 10.3. The second kappa shape index (κ2) is 8.01. The monoisotopic (exact) mass is 427 g/mol. The maximum atomic E-state index is 14.7. The number of rotatable bonds is 3. The number of halogens is 1. The number of anilines is 1. The zero-order chi connectivity index (χ0) is 22.2. The van der Waals surface area contributed by atoms with Gasteiger partial charge in [-0.2, -0.15) is 0 Å². The van der Waals surface area contributed by atoms with Crippen molar-refractivity contribution >= 4 is 17.4 Å². The van der Waals surface area contributed by atoms with Crippen molar-refractivity contribution in [3.63, 3.8) is 0 Å². The third-order valence-electron chi connectivity index (χ3n) is 5.24. The van der Waals surface area contributed by atoms with E-state index in [1.807, 2.05) is 6.08 Å². The van der Waals surface area contributed by atoms with E-state index in [0.717, 1.165) is 18.4 Å². The minimum atomic E-state index is -0.720. The van der Waals surface area contributed by atoms with Crippen molar-refractivity contribution in [2.45, 2.75) is 51.4 Å². The first-order valence-corrected chi connectivity index (χ1v) is 10.3. The van der Waals surface area contributed by atoms with E-state index in [9.17, 15) is 9.18 Å². The Kier molecular flexibility index (Phi) is 5.53. The lowest BCUT2D eigenvalue weighted by atomic mass is 9.92. The summed E-state index contributed by atoms with van der Waals surface area (Å²) in [7, 11) is 0. The van der Waals surface area contributed by atoms with Crippen LogP contribution in [0.4, 0.5) is 10.2 Å². The molecule has 2 heterocycles. The highest BCUT2D eigenvalue weighted by Crippen LogP contribution is 2.38. The van der Waals surface area contributed by atoms with Gasteiger partial charge < -0.3 is 19.9 Å². The van der Waals surface area contributed by atoms with Crippen molar-refractivity contribution < 1.29 is 23.4 Å². The molecule has 31 heavy (non-hydrogen) atoms. The first-order chi connectivity index (χ1) is 14.7. The van der Waals surface area contributed by atoms with Crippen molar-refractivity contribution in [1.29, 1.82) is 0 Å². The van der Waals surface area contributed by atoms with E-state index in [1.165, 1.54) is 12.1 Å². The maximum absolute atomic E-state index is 14.7. The molecule has 0 atom stereocenters. The van der Waals surface area contributed by atoms with Crippen LogP contribution in [-0.2, 0) is 14.2 Å². The Hall–Kier alpha value is -2.84. The van der Waals surface area contributed by atoms with Crippen LogP contribution in [0.1, 0.15) is 56.1 Å². The molecule has 1 aromatic carbocycles. The van der Waals surface area contributed by atoms with Crippen LogP contribution < -0.4 is 5.73 Å². The number of hydrogen-bond acceptors (Lipinski definition) is 7. The van der Waals surface area contributed by atoms with Crippen LogP contribution in [0.2, 0.25) is 0 Å². The fourth-order valence-electron chi connectivity index (χ4n) is 3.73. The quantitative estimate of drug-likeness (QED) is 0.736. The summed E-state index contributed by atoms with van der Waals surface area (Å²) in [5.74, 6) is -1.76. The molecule has 0 saturated carbocycles. The molecule has 0 amide bonds. The zero-order valence-corrected chi connectivity index (χ0v) is 17.9. The maximum Gasteiger partial charge on any atom is 0.341 e.